The Kier molecular flexibility index (Phi) is 6.00. The molecule has 0 unspecified atom stereocenters. The fraction of sp³-hybridized carbons (Fsp3) is 0.267. The van der Waals surface area contributed by atoms with Gasteiger partial charge in [-0.2, -0.15) is 0 Å². The molecular weight excluding hydrogens is 268 g/mol. The molecule has 2 rings (SSSR count). The van der Waals surface area contributed by atoms with Gasteiger partial charge >= 0.3 is 0 Å². The van der Waals surface area contributed by atoms with Gasteiger partial charge in [0.15, 0.2) is 0 Å². The maximum Gasteiger partial charge on any atom is 0.223 e. The highest BCUT2D eigenvalue weighted by molar-refractivity contribution is 5.76. The molecule has 1 aromatic carbocycles. The van der Waals surface area contributed by atoms with Gasteiger partial charge in [0.25, 0.3) is 0 Å². The van der Waals surface area contributed by atoms with E-state index in [1.165, 1.54) is 0 Å². The smallest absolute Gasteiger partial charge is 0.223 e. The number of hydrogen-bond donors (Lipinski definition) is 2. The van der Waals surface area contributed by atoms with Gasteiger partial charge in [0, 0.05) is 25.5 Å². The van der Waals surface area contributed by atoms with Crippen molar-refractivity contribution in [3.8, 4) is 5.75 Å². The molecule has 21 heavy (non-hydrogen) atoms. The highest BCUT2D eigenvalue weighted by Gasteiger charge is 2.01. The van der Waals surface area contributed by atoms with E-state index < -0.39 is 0 Å². The van der Waals surface area contributed by atoms with Crippen LogP contribution in [0.2, 0.25) is 0 Å². The molecule has 1 aromatic heterocycles. The number of carbonyl (C=O) groups excluding carboxylic acids is 1. The van der Waals surface area contributed by atoms with Crippen molar-refractivity contribution in [1.29, 1.82) is 0 Å². The second-order valence-corrected chi connectivity index (χ2v) is 4.26. The number of benzene rings is 1. The van der Waals surface area contributed by atoms with Crippen molar-refractivity contribution in [1.82, 2.24) is 15.3 Å². The first-order valence-electron chi connectivity index (χ1n) is 6.80. The normalized spacial score (nSPS) is 9.90. The molecule has 6 heteroatoms. The summed E-state index contributed by atoms with van der Waals surface area (Å²) in [5.74, 6) is 1.29. The molecule has 0 spiro atoms. The molecular formula is C15H18N4O2. The summed E-state index contributed by atoms with van der Waals surface area (Å²) < 4.78 is 5.46. The number of aromatic nitrogens is 2. The highest BCUT2D eigenvalue weighted by Crippen LogP contribution is 2.08. The number of para-hydroxylation sites is 1. The van der Waals surface area contributed by atoms with Gasteiger partial charge in [-0.1, -0.05) is 18.2 Å². The van der Waals surface area contributed by atoms with E-state index in [9.17, 15) is 4.79 Å². The second-order valence-electron chi connectivity index (χ2n) is 4.26. The zero-order valence-electron chi connectivity index (χ0n) is 11.7. The fourth-order valence-corrected chi connectivity index (χ4v) is 1.63. The third-order valence-electron chi connectivity index (χ3n) is 2.64. The van der Waals surface area contributed by atoms with Crippen LogP contribution < -0.4 is 15.4 Å². The first kappa shape index (κ1) is 14.8. The third kappa shape index (κ3) is 5.90. The lowest BCUT2D eigenvalue weighted by atomic mass is 10.3. The van der Waals surface area contributed by atoms with Crippen molar-refractivity contribution in [2.24, 2.45) is 0 Å². The number of carbonyl (C=O) groups is 1. The van der Waals surface area contributed by atoms with Gasteiger partial charge in [0.1, 0.15) is 5.75 Å². The van der Waals surface area contributed by atoms with Gasteiger partial charge in [-0.05, 0) is 18.2 Å². The third-order valence-corrected chi connectivity index (χ3v) is 2.64. The minimum atomic E-state index is -0.0401. The van der Waals surface area contributed by atoms with Crippen molar-refractivity contribution in [2.75, 3.05) is 25.0 Å². The van der Waals surface area contributed by atoms with E-state index in [2.05, 4.69) is 20.6 Å². The molecule has 2 N–H and O–H groups in total. The maximum absolute atomic E-state index is 11.6. The Morgan fingerprint density at radius 1 is 1.05 bits per heavy atom. The van der Waals surface area contributed by atoms with Gasteiger partial charge in [-0.15, -0.1) is 0 Å². The molecule has 110 valence electrons. The first-order valence-corrected chi connectivity index (χ1v) is 6.80. The van der Waals surface area contributed by atoms with E-state index in [0.29, 0.717) is 32.1 Å². The monoisotopic (exact) mass is 286 g/mol. The molecule has 0 saturated heterocycles. The predicted octanol–water partition coefficient (Wildman–Crippen LogP) is 1.47. The van der Waals surface area contributed by atoms with Crippen LogP contribution in [0.1, 0.15) is 6.42 Å². The van der Waals surface area contributed by atoms with Crippen LogP contribution in [0.5, 0.6) is 5.75 Å². The summed E-state index contributed by atoms with van der Waals surface area (Å²) in [6.45, 7) is 1.46. The van der Waals surface area contributed by atoms with E-state index >= 15 is 0 Å². The summed E-state index contributed by atoms with van der Waals surface area (Å²) in [7, 11) is 0. The van der Waals surface area contributed by atoms with Gasteiger partial charge in [-0.25, -0.2) is 9.97 Å². The van der Waals surface area contributed by atoms with E-state index in [1.54, 1.807) is 18.5 Å². The number of nitrogens with one attached hydrogen (secondary N) is 2. The Bertz CT molecular complexity index is 534. The van der Waals surface area contributed by atoms with Gasteiger partial charge in [-0.3, -0.25) is 4.79 Å². The molecule has 0 saturated carbocycles. The average molecular weight is 286 g/mol. The molecule has 2 aromatic rings. The van der Waals surface area contributed by atoms with Crippen LogP contribution in [-0.4, -0.2) is 35.6 Å². The summed E-state index contributed by atoms with van der Waals surface area (Å²) in [5.41, 5.74) is 0. The molecule has 0 fully saturated rings. The Morgan fingerprint density at radius 2 is 1.81 bits per heavy atom. The highest BCUT2D eigenvalue weighted by atomic mass is 16.5. The summed E-state index contributed by atoms with van der Waals surface area (Å²) in [6.07, 6.45) is 3.65. The number of hydrogen-bond acceptors (Lipinski definition) is 5. The van der Waals surface area contributed by atoms with Gasteiger partial charge in [0.2, 0.25) is 11.9 Å². The zero-order chi connectivity index (χ0) is 14.8. The molecule has 0 radical (unpaired) electrons. The molecule has 0 bridgehead atoms. The van der Waals surface area contributed by atoms with Crippen LogP contribution in [0.25, 0.3) is 0 Å². The van der Waals surface area contributed by atoms with Crippen LogP contribution in [0.3, 0.4) is 0 Å². The standard InChI is InChI=1S/C15H18N4O2/c20-14(7-12-21-13-5-2-1-3-6-13)16-10-11-19-15-17-8-4-9-18-15/h1-6,8-9H,7,10-12H2,(H,16,20)(H,17,18,19). The Labute approximate surface area is 123 Å². The lowest BCUT2D eigenvalue weighted by Crippen LogP contribution is -2.30. The van der Waals surface area contributed by atoms with Crippen molar-refractivity contribution >= 4 is 11.9 Å². The van der Waals surface area contributed by atoms with Crippen molar-refractivity contribution in [3.63, 3.8) is 0 Å². The largest absolute Gasteiger partial charge is 0.493 e. The molecule has 1 heterocycles. The minimum Gasteiger partial charge on any atom is -0.493 e. The van der Waals surface area contributed by atoms with Crippen molar-refractivity contribution in [2.45, 2.75) is 6.42 Å². The zero-order valence-corrected chi connectivity index (χ0v) is 11.7. The first-order chi connectivity index (χ1) is 10.3. The van der Waals surface area contributed by atoms with Crippen molar-refractivity contribution in [3.05, 3.63) is 48.8 Å². The quantitative estimate of drug-likeness (QED) is 0.719. The molecule has 0 aliphatic carbocycles. The molecule has 0 aliphatic heterocycles. The number of rotatable bonds is 8. The molecule has 6 nitrogen and oxygen atoms in total. The van der Waals surface area contributed by atoms with Crippen LogP contribution in [0, 0.1) is 0 Å². The van der Waals surface area contributed by atoms with E-state index in [-0.39, 0.29) is 5.91 Å². The Morgan fingerprint density at radius 3 is 2.57 bits per heavy atom. The van der Waals surface area contributed by atoms with Crippen molar-refractivity contribution < 1.29 is 9.53 Å². The topological polar surface area (TPSA) is 76.1 Å². The average Bonchev–Trinajstić information content (AvgIpc) is 2.54. The lowest BCUT2D eigenvalue weighted by molar-refractivity contribution is -0.121. The summed E-state index contributed by atoms with van der Waals surface area (Å²) >= 11 is 0. The van der Waals surface area contributed by atoms with Crippen LogP contribution in [0.15, 0.2) is 48.8 Å². The molecule has 0 atom stereocenters. The predicted molar refractivity (Wildman–Crippen MR) is 80.1 cm³/mol. The number of nitrogens with zero attached hydrogens (tertiary/aromatic N) is 2. The number of anilines is 1. The minimum absolute atomic E-state index is 0.0401. The van der Waals surface area contributed by atoms with E-state index in [0.717, 1.165) is 5.75 Å². The maximum atomic E-state index is 11.6. The van der Waals surface area contributed by atoms with E-state index in [1.807, 2.05) is 30.3 Å². The SMILES string of the molecule is O=C(CCOc1ccccc1)NCCNc1ncccn1. The summed E-state index contributed by atoms with van der Waals surface area (Å²) in [6, 6.07) is 11.2. The fourth-order valence-electron chi connectivity index (χ4n) is 1.63. The lowest BCUT2D eigenvalue weighted by Gasteiger charge is -2.08. The van der Waals surface area contributed by atoms with Crippen LogP contribution in [-0.2, 0) is 4.79 Å². The number of amides is 1. The summed E-state index contributed by atoms with van der Waals surface area (Å²) in [5, 5.41) is 5.82. The number of ether oxygens (including phenoxy) is 1. The molecule has 0 aliphatic rings. The second kappa shape index (κ2) is 8.52. The van der Waals surface area contributed by atoms with Crippen LogP contribution in [0.4, 0.5) is 5.95 Å². The Balaban J connectivity index is 1.54. The Hall–Kier alpha value is -2.63. The van der Waals surface area contributed by atoms with E-state index in [4.69, 9.17) is 4.74 Å². The summed E-state index contributed by atoms with van der Waals surface area (Å²) in [4.78, 5) is 19.6. The van der Waals surface area contributed by atoms with Crippen LogP contribution >= 0.6 is 0 Å². The molecule has 1 amide bonds. The van der Waals surface area contributed by atoms with Gasteiger partial charge < -0.3 is 15.4 Å². The van der Waals surface area contributed by atoms with Gasteiger partial charge in [0.05, 0.1) is 13.0 Å².